The van der Waals surface area contributed by atoms with Crippen LogP contribution in [0.15, 0.2) is 67.3 Å². The molecule has 0 radical (unpaired) electrons. The highest BCUT2D eigenvalue weighted by molar-refractivity contribution is 6.35. The van der Waals surface area contributed by atoms with E-state index in [0.29, 0.717) is 22.0 Å². The van der Waals surface area contributed by atoms with Crippen molar-refractivity contribution < 1.29 is 0 Å². The van der Waals surface area contributed by atoms with E-state index in [1.807, 2.05) is 36.4 Å². The topological polar surface area (TPSA) is 79.4 Å². The number of aromatic amines is 1. The minimum absolute atomic E-state index is 0.0733. The lowest BCUT2D eigenvalue weighted by molar-refractivity contribution is 0.873. The summed E-state index contributed by atoms with van der Waals surface area (Å²) < 4.78 is 0. The molecule has 0 saturated carbocycles. The van der Waals surface area contributed by atoms with Gasteiger partial charge in [0, 0.05) is 16.5 Å². The maximum absolute atomic E-state index is 6.42. The molecule has 3 heterocycles. The molecular formula is C22H17ClN6. The van der Waals surface area contributed by atoms with E-state index in [2.05, 4.69) is 50.4 Å². The first-order valence-electron chi connectivity index (χ1n) is 9.26. The fraction of sp³-hybridized carbons (Fsp3) is 0.0909. The molecular weight excluding hydrogens is 384 g/mol. The van der Waals surface area contributed by atoms with Gasteiger partial charge in [-0.15, -0.1) is 0 Å². The Kier molecular flexibility index (Phi) is 4.33. The largest absolute Gasteiger partial charge is 0.362 e. The summed E-state index contributed by atoms with van der Waals surface area (Å²) >= 11 is 6.42. The van der Waals surface area contributed by atoms with Crippen molar-refractivity contribution in [2.75, 3.05) is 5.32 Å². The van der Waals surface area contributed by atoms with Crippen molar-refractivity contribution in [1.82, 2.24) is 24.9 Å². The number of aromatic nitrogens is 5. The second-order valence-corrected chi connectivity index (χ2v) is 7.20. The molecule has 5 aromatic rings. The predicted molar refractivity (Wildman–Crippen MR) is 116 cm³/mol. The van der Waals surface area contributed by atoms with Crippen molar-refractivity contribution in [3.05, 3.63) is 77.8 Å². The van der Waals surface area contributed by atoms with Gasteiger partial charge in [-0.05, 0) is 19.1 Å². The maximum atomic E-state index is 6.42. The van der Waals surface area contributed by atoms with Crippen molar-refractivity contribution in [2.45, 2.75) is 13.0 Å². The number of hydrogen-bond acceptors (Lipinski definition) is 5. The average molecular weight is 401 g/mol. The van der Waals surface area contributed by atoms with E-state index in [0.717, 1.165) is 27.7 Å². The Hall–Kier alpha value is -3.51. The molecule has 0 spiro atoms. The molecule has 0 unspecified atom stereocenters. The molecule has 7 heteroatoms. The molecule has 0 amide bonds. The average Bonchev–Trinajstić information content (AvgIpc) is 3.24. The number of nitrogens with zero attached hydrogens (tertiary/aromatic N) is 4. The highest BCUT2D eigenvalue weighted by atomic mass is 35.5. The smallest absolute Gasteiger partial charge is 0.162 e. The van der Waals surface area contributed by atoms with Crippen LogP contribution >= 0.6 is 11.6 Å². The van der Waals surface area contributed by atoms with Crippen LogP contribution in [0.2, 0.25) is 5.02 Å². The van der Waals surface area contributed by atoms with Gasteiger partial charge in [0.1, 0.15) is 11.8 Å². The number of nitrogens with one attached hydrogen (secondary N) is 2. The zero-order valence-electron chi connectivity index (χ0n) is 15.6. The zero-order chi connectivity index (χ0) is 19.8. The SMILES string of the molecule is C[C@H](Nc1ncnc2[nH]cnc12)c1cc2cccc(Cl)c2nc1-c1ccccc1. The Morgan fingerprint density at radius 2 is 1.83 bits per heavy atom. The lowest BCUT2D eigenvalue weighted by Crippen LogP contribution is -2.11. The Morgan fingerprint density at radius 1 is 0.966 bits per heavy atom. The van der Waals surface area contributed by atoms with Gasteiger partial charge in [0.15, 0.2) is 11.5 Å². The first-order valence-corrected chi connectivity index (χ1v) is 9.64. The summed E-state index contributed by atoms with van der Waals surface area (Å²) in [4.78, 5) is 20.9. The lowest BCUT2D eigenvalue weighted by atomic mass is 9.98. The first kappa shape index (κ1) is 17.6. The quantitative estimate of drug-likeness (QED) is 0.422. The molecule has 5 rings (SSSR count). The van der Waals surface area contributed by atoms with Crippen LogP contribution in [0.5, 0.6) is 0 Å². The summed E-state index contributed by atoms with van der Waals surface area (Å²) in [5.74, 6) is 0.675. The number of benzene rings is 2. The fourth-order valence-corrected chi connectivity index (χ4v) is 3.71. The van der Waals surface area contributed by atoms with Gasteiger partial charge < -0.3 is 10.3 Å². The number of rotatable bonds is 4. The Balaban J connectivity index is 1.65. The molecule has 0 fully saturated rings. The normalized spacial score (nSPS) is 12.3. The minimum Gasteiger partial charge on any atom is -0.362 e. The molecule has 29 heavy (non-hydrogen) atoms. The van der Waals surface area contributed by atoms with Crippen molar-refractivity contribution >= 4 is 39.5 Å². The van der Waals surface area contributed by atoms with E-state index in [-0.39, 0.29) is 6.04 Å². The summed E-state index contributed by atoms with van der Waals surface area (Å²) in [5.41, 5.74) is 5.16. The number of halogens is 1. The fourth-order valence-electron chi connectivity index (χ4n) is 3.49. The molecule has 2 N–H and O–H groups in total. The molecule has 2 aromatic carbocycles. The van der Waals surface area contributed by atoms with Crippen LogP contribution in [0.1, 0.15) is 18.5 Å². The second kappa shape index (κ2) is 7.14. The van der Waals surface area contributed by atoms with Crippen LogP contribution in [0, 0.1) is 0 Å². The standard InChI is InChI=1S/C22H17ClN6/c1-13(28-22-20-21(25-11-24-20)26-12-27-22)16-10-15-8-5-9-17(23)19(15)29-18(16)14-6-3-2-4-7-14/h2-13H,1H3,(H2,24,25,26,27,28)/t13-/m0/s1. The number of hydrogen-bond donors (Lipinski definition) is 2. The van der Waals surface area contributed by atoms with Gasteiger partial charge in [0.05, 0.1) is 28.6 Å². The number of pyridine rings is 1. The second-order valence-electron chi connectivity index (χ2n) is 6.79. The third-order valence-corrected chi connectivity index (χ3v) is 5.22. The zero-order valence-corrected chi connectivity index (χ0v) is 16.4. The van der Waals surface area contributed by atoms with Crippen molar-refractivity contribution in [1.29, 1.82) is 0 Å². The Morgan fingerprint density at radius 3 is 2.69 bits per heavy atom. The molecule has 3 aromatic heterocycles. The summed E-state index contributed by atoms with van der Waals surface area (Å²) in [5, 5.41) is 5.10. The van der Waals surface area contributed by atoms with E-state index in [1.165, 1.54) is 6.33 Å². The van der Waals surface area contributed by atoms with Crippen LogP contribution in [-0.2, 0) is 0 Å². The van der Waals surface area contributed by atoms with Gasteiger partial charge in [0.2, 0.25) is 0 Å². The summed E-state index contributed by atoms with van der Waals surface area (Å²) in [6.45, 7) is 2.08. The molecule has 142 valence electrons. The van der Waals surface area contributed by atoms with Crippen LogP contribution < -0.4 is 5.32 Å². The molecule has 6 nitrogen and oxygen atoms in total. The molecule has 0 bridgehead atoms. The number of imidazole rings is 1. The van der Waals surface area contributed by atoms with Crippen molar-refractivity contribution in [2.24, 2.45) is 0 Å². The van der Waals surface area contributed by atoms with Gasteiger partial charge >= 0.3 is 0 Å². The highest BCUT2D eigenvalue weighted by Crippen LogP contribution is 2.33. The number of anilines is 1. The van der Waals surface area contributed by atoms with Crippen LogP contribution in [-0.4, -0.2) is 24.9 Å². The monoisotopic (exact) mass is 400 g/mol. The van der Waals surface area contributed by atoms with Gasteiger partial charge in [-0.25, -0.2) is 19.9 Å². The minimum atomic E-state index is -0.0733. The molecule has 0 aliphatic heterocycles. The third kappa shape index (κ3) is 3.17. The third-order valence-electron chi connectivity index (χ3n) is 4.91. The number of para-hydroxylation sites is 1. The van der Waals surface area contributed by atoms with Crippen molar-refractivity contribution in [3.63, 3.8) is 0 Å². The molecule has 1 atom stereocenters. The number of H-pyrrole nitrogens is 1. The van der Waals surface area contributed by atoms with E-state index in [1.54, 1.807) is 6.33 Å². The van der Waals surface area contributed by atoms with E-state index < -0.39 is 0 Å². The van der Waals surface area contributed by atoms with Gasteiger partial charge in [-0.1, -0.05) is 54.1 Å². The van der Waals surface area contributed by atoms with Gasteiger partial charge in [-0.3, -0.25) is 0 Å². The highest BCUT2D eigenvalue weighted by Gasteiger charge is 2.18. The summed E-state index contributed by atoms with van der Waals surface area (Å²) in [6.07, 6.45) is 3.14. The lowest BCUT2D eigenvalue weighted by Gasteiger charge is -2.19. The van der Waals surface area contributed by atoms with Crippen LogP contribution in [0.25, 0.3) is 33.3 Å². The van der Waals surface area contributed by atoms with E-state index in [4.69, 9.17) is 16.6 Å². The summed E-state index contributed by atoms with van der Waals surface area (Å²) in [7, 11) is 0. The maximum Gasteiger partial charge on any atom is 0.162 e. The predicted octanol–water partition coefficient (Wildman–Crippen LogP) is 5.39. The molecule has 0 aliphatic carbocycles. The Labute approximate surface area is 172 Å². The Bertz CT molecular complexity index is 1320. The molecule has 0 aliphatic rings. The first-order chi connectivity index (χ1) is 14.2. The van der Waals surface area contributed by atoms with Gasteiger partial charge in [0.25, 0.3) is 0 Å². The van der Waals surface area contributed by atoms with Crippen LogP contribution in [0.3, 0.4) is 0 Å². The number of fused-ring (bicyclic) bond motifs is 2. The summed E-state index contributed by atoms with van der Waals surface area (Å²) in [6, 6.07) is 18.0. The van der Waals surface area contributed by atoms with E-state index >= 15 is 0 Å². The molecule has 0 saturated heterocycles. The van der Waals surface area contributed by atoms with Crippen LogP contribution in [0.4, 0.5) is 5.82 Å². The van der Waals surface area contributed by atoms with Crippen molar-refractivity contribution in [3.8, 4) is 11.3 Å². The van der Waals surface area contributed by atoms with Gasteiger partial charge in [-0.2, -0.15) is 0 Å². The van der Waals surface area contributed by atoms with E-state index in [9.17, 15) is 0 Å².